The largest absolute Gasteiger partial charge is 0.487 e. The van der Waals surface area contributed by atoms with E-state index in [2.05, 4.69) is 6.07 Å². The van der Waals surface area contributed by atoms with E-state index < -0.39 is 11.6 Å². The van der Waals surface area contributed by atoms with Crippen LogP contribution in [-0.4, -0.2) is 16.7 Å². The average Bonchev–Trinajstić information content (AvgIpc) is 2.27. The summed E-state index contributed by atoms with van der Waals surface area (Å²) >= 11 is 0. The molecule has 0 radical (unpaired) electrons. The molecule has 0 aromatic heterocycles. The molecule has 1 N–H and O–H groups in total. The molecular weight excluding hydrogens is 228 g/mol. The average molecular weight is 250 g/mol. The monoisotopic (exact) mass is 250 g/mol. The van der Waals surface area contributed by atoms with Gasteiger partial charge in [0.15, 0.2) is 0 Å². The van der Waals surface area contributed by atoms with Crippen LogP contribution in [-0.2, 0) is 4.79 Å². The van der Waals surface area contributed by atoms with E-state index in [1.807, 2.05) is 40.7 Å². The summed E-state index contributed by atoms with van der Waals surface area (Å²) in [5.41, 5.74) is 2.92. The Bertz CT molecular complexity index is 447. The molecule has 0 fully saturated rings. The Morgan fingerprint density at radius 1 is 1.22 bits per heavy atom. The summed E-state index contributed by atoms with van der Waals surface area (Å²) in [6, 6.07) is 4.10. The number of aliphatic carboxylic acids is 1. The van der Waals surface area contributed by atoms with Gasteiger partial charge in [-0.1, -0.05) is 12.1 Å². The lowest BCUT2D eigenvalue weighted by Crippen LogP contribution is -2.29. The van der Waals surface area contributed by atoms with Crippen molar-refractivity contribution >= 4 is 5.97 Å². The molecule has 3 heteroatoms. The fourth-order valence-corrected chi connectivity index (χ4v) is 1.82. The molecule has 1 rings (SSSR count). The molecule has 0 aliphatic rings. The standard InChI is InChI=1S/C15H22O3/c1-10-6-7-11(2)14(12(10)3)18-15(4,5)9-8-13(16)17/h6-7H,8-9H2,1-5H3,(H,16,17). The van der Waals surface area contributed by atoms with Crippen molar-refractivity contribution in [2.24, 2.45) is 0 Å². The molecule has 18 heavy (non-hydrogen) atoms. The van der Waals surface area contributed by atoms with E-state index in [-0.39, 0.29) is 6.42 Å². The van der Waals surface area contributed by atoms with Crippen molar-refractivity contribution in [2.45, 2.75) is 53.1 Å². The second-order valence-electron chi connectivity index (χ2n) is 5.41. The zero-order chi connectivity index (χ0) is 13.9. The Balaban J connectivity index is 2.89. The lowest BCUT2D eigenvalue weighted by molar-refractivity contribution is -0.138. The van der Waals surface area contributed by atoms with Crippen molar-refractivity contribution in [1.29, 1.82) is 0 Å². The van der Waals surface area contributed by atoms with Crippen molar-refractivity contribution in [1.82, 2.24) is 0 Å². The number of carbonyl (C=O) groups is 1. The van der Waals surface area contributed by atoms with Crippen LogP contribution in [0.5, 0.6) is 5.75 Å². The molecule has 1 aromatic carbocycles. The Hall–Kier alpha value is -1.51. The second-order valence-corrected chi connectivity index (χ2v) is 5.41. The van der Waals surface area contributed by atoms with Gasteiger partial charge >= 0.3 is 5.97 Å². The van der Waals surface area contributed by atoms with Gasteiger partial charge in [0.2, 0.25) is 0 Å². The second kappa shape index (κ2) is 5.42. The molecule has 0 heterocycles. The highest BCUT2D eigenvalue weighted by Crippen LogP contribution is 2.30. The van der Waals surface area contributed by atoms with Crippen molar-refractivity contribution in [2.75, 3.05) is 0 Å². The summed E-state index contributed by atoms with van der Waals surface area (Å²) in [4.78, 5) is 10.6. The molecule has 0 unspecified atom stereocenters. The minimum atomic E-state index is -0.788. The van der Waals surface area contributed by atoms with Gasteiger partial charge in [0.1, 0.15) is 11.4 Å². The third-order valence-corrected chi connectivity index (χ3v) is 3.19. The summed E-state index contributed by atoms with van der Waals surface area (Å²) < 4.78 is 6.03. The predicted molar refractivity (Wildman–Crippen MR) is 72.2 cm³/mol. The summed E-state index contributed by atoms with van der Waals surface area (Å²) in [6.45, 7) is 9.94. The van der Waals surface area contributed by atoms with Crippen LogP contribution < -0.4 is 4.74 Å². The van der Waals surface area contributed by atoms with Gasteiger partial charge in [0, 0.05) is 6.42 Å². The first-order chi connectivity index (χ1) is 8.23. The maximum atomic E-state index is 10.6. The first-order valence-corrected chi connectivity index (χ1v) is 6.20. The molecule has 0 aliphatic carbocycles. The SMILES string of the molecule is Cc1ccc(C)c(OC(C)(C)CCC(=O)O)c1C. The number of benzene rings is 1. The molecule has 0 saturated heterocycles. The zero-order valence-electron chi connectivity index (χ0n) is 11.8. The molecule has 0 saturated carbocycles. The molecule has 0 bridgehead atoms. The Kier molecular flexibility index (Phi) is 4.38. The number of aryl methyl sites for hydroxylation is 2. The van der Waals surface area contributed by atoms with E-state index in [0.717, 1.165) is 16.9 Å². The summed E-state index contributed by atoms with van der Waals surface area (Å²) in [5, 5.41) is 8.74. The van der Waals surface area contributed by atoms with Crippen LogP contribution in [0.2, 0.25) is 0 Å². The van der Waals surface area contributed by atoms with Crippen LogP contribution >= 0.6 is 0 Å². The molecule has 0 atom stereocenters. The highest BCUT2D eigenvalue weighted by molar-refractivity contribution is 5.66. The van der Waals surface area contributed by atoms with Gasteiger partial charge in [0.25, 0.3) is 0 Å². The van der Waals surface area contributed by atoms with Crippen LogP contribution in [0, 0.1) is 20.8 Å². The number of ether oxygens (including phenoxy) is 1. The van der Waals surface area contributed by atoms with Gasteiger partial charge in [-0.15, -0.1) is 0 Å². The maximum absolute atomic E-state index is 10.6. The van der Waals surface area contributed by atoms with Gasteiger partial charge in [0.05, 0.1) is 0 Å². The van der Waals surface area contributed by atoms with Crippen molar-refractivity contribution in [3.63, 3.8) is 0 Å². The van der Waals surface area contributed by atoms with Gasteiger partial charge in [-0.05, 0) is 57.7 Å². The fraction of sp³-hybridized carbons (Fsp3) is 0.533. The first-order valence-electron chi connectivity index (χ1n) is 6.20. The maximum Gasteiger partial charge on any atom is 0.303 e. The lowest BCUT2D eigenvalue weighted by atomic mass is 10.0. The molecule has 0 spiro atoms. The summed E-state index contributed by atoms with van der Waals surface area (Å²) in [5.74, 6) is 0.0924. The Morgan fingerprint density at radius 3 is 2.33 bits per heavy atom. The van der Waals surface area contributed by atoms with Crippen LogP contribution in [0.3, 0.4) is 0 Å². The van der Waals surface area contributed by atoms with Crippen LogP contribution in [0.1, 0.15) is 43.4 Å². The van der Waals surface area contributed by atoms with Crippen LogP contribution in [0.4, 0.5) is 0 Å². The number of hydrogen-bond donors (Lipinski definition) is 1. The van der Waals surface area contributed by atoms with Gasteiger partial charge in [-0.25, -0.2) is 0 Å². The topological polar surface area (TPSA) is 46.5 Å². The molecule has 3 nitrogen and oxygen atoms in total. The van der Waals surface area contributed by atoms with Crippen molar-refractivity contribution < 1.29 is 14.6 Å². The normalized spacial score (nSPS) is 11.4. The van der Waals surface area contributed by atoms with Gasteiger partial charge in [-0.2, -0.15) is 0 Å². The summed E-state index contributed by atoms with van der Waals surface area (Å²) in [7, 11) is 0. The highest BCUT2D eigenvalue weighted by atomic mass is 16.5. The molecular formula is C15H22O3. The zero-order valence-corrected chi connectivity index (χ0v) is 11.8. The first kappa shape index (κ1) is 14.6. The summed E-state index contributed by atoms with van der Waals surface area (Å²) in [6.07, 6.45) is 0.617. The molecule has 100 valence electrons. The third-order valence-electron chi connectivity index (χ3n) is 3.19. The van der Waals surface area contributed by atoms with Crippen molar-refractivity contribution in [3.8, 4) is 5.75 Å². The minimum Gasteiger partial charge on any atom is -0.487 e. The van der Waals surface area contributed by atoms with E-state index >= 15 is 0 Å². The smallest absolute Gasteiger partial charge is 0.303 e. The number of hydrogen-bond acceptors (Lipinski definition) is 2. The lowest BCUT2D eigenvalue weighted by Gasteiger charge is -2.28. The van der Waals surface area contributed by atoms with Crippen LogP contribution in [0.25, 0.3) is 0 Å². The Labute approximate surface area is 109 Å². The van der Waals surface area contributed by atoms with Gasteiger partial charge < -0.3 is 9.84 Å². The van der Waals surface area contributed by atoms with E-state index in [9.17, 15) is 4.79 Å². The van der Waals surface area contributed by atoms with E-state index in [1.165, 1.54) is 5.56 Å². The van der Waals surface area contributed by atoms with E-state index in [4.69, 9.17) is 9.84 Å². The number of carboxylic acid groups (broad SMARTS) is 1. The molecule has 0 aliphatic heterocycles. The van der Waals surface area contributed by atoms with Gasteiger partial charge in [-0.3, -0.25) is 4.79 Å². The Morgan fingerprint density at radius 2 is 1.78 bits per heavy atom. The quantitative estimate of drug-likeness (QED) is 0.868. The number of carboxylic acids is 1. The third kappa shape index (κ3) is 3.76. The predicted octanol–water partition coefficient (Wildman–Crippen LogP) is 3.63. The highest BCUT2D eigenvalue weighted by Gasteiger charge is 2.23. The van der Waals surface area contributed by atoms with E-state index in [0.29, 0.717) is 6.42 Å². The number of rotatable bonds is 5. The molecule has 0 amide bonds. The van der Waals surface area contributed by atoms with Crippen molar-refractivity contribution in [3.05, 3.63) is 28.8 Å². The van der Waals surface area contributed by atoms with E-state index in [1.54, 1.807) is 0 Å². The minimum absolute atomic E-state index is 0.122. The molecule has 1 aromatic rings. The van der Waals surface area contributed by atoms with Crippen LogP contribution in [0.15, 0.2) is 12.1 Å². The fourth-order valence-electron chi connectivity index (χ4n) is 1.82.